The van der Waals surface area contributed by atoms with Crippen molar-refractivity contribution >= 4 is 40.9 Å². The van der Waals surface area contributed by atoms with E-state index >= 15 is 0 Å². The maximum Gasteiger partial charge on any atom is 0.335 e. The van der Waals surface area contributed by atoms with E-state index in [1.54, 1.807) is 30.3 Å². The van der Waals surface area contributed by atoms with E-state index in [-0.39, 0.29) is 23.8 Å². The Balaban J connectivity index is 1.71. The molecule has 24 heavy (non-hydrogen) atoms. The molecule has 0 bridgehead atoms. The fourth-order valence-electron chi connectivity index (χ4n) is 2.31. The third-order valence-electron chi connectivity index (χ3n) is 3.48. The van der Waals surface area contributed by atoms with Gasteiger partial charge in [-0.15, -0.1) is 11.8 Å². The highest BCUT2D eigenvalue weighted by molar-refractivity contribution is 8.01. The lowest BCUT2D eigenvalue weighted by molar-refractivity contribution is -0.120. The zero-order chi connectivity index (χ0) is 17.1. The second-order valence-corrected chi connectivity index (χ2v) is 6.47. The molecule has 0 unspecified atom stereocenters. The minimum absolute atomic E-state index is 0.00212. The number of hydrogen-bond donors (Lipinski definition) is 3. The lowest BCUT2D eigenvalue weighted by atomic mass is 10.2. The molecule has 0 aromatic heterocycles. The van der Waals surface area contributed by atoms with Crippen LogP contribution in [-0.2, 0) is 9.59 Å². The van der Waals surface area contributed by atoms with Gasteiger partial charge in [-0.25, -0.2) is 4.79 Å². The Morgan fingerprint density at radius 1 is 1.17 bits per heavy atom. The van der Waals surface area contributed by atoms with Gasteiger partial charge in [0.15, 0.2) is 0 Å². The summed E-state index contributed by atoms with van der Waals surface area (Å²) in [5, 5.41) is 13.9. The molecule has 122 valence electrons. The topological polar surface area (TPSA) is 95.5 Å². The molecule has 0 radical (unpaired) electrons. The van der Waals surface area contributed by atoms with E-state index in [9.17, 15) is 14.4 Å². The van der Waals surface area contributed by atoms with Gasteiger partial charge in [-0.05, 0) is 30.3 Å². The van der Waals surface area contributed by atoms with Gasteiger partial charge in [0.05, 0.1) is 16.5 Å². The first-order chi connectivity index (χ1) is 11.5. The summed E-state index contributed by atoms with van der Waals surface area (Å²) in [5.74, 6) is -1.57. The van der Waals surface area contributed by atoms with Gasteiger partial charge in [-0.3, -0.25) is 9.59 Å². The number of hydrogen-bond acceptors (Lipinski definition) is 4. The summed E-state index contributed by atoms with van der Waals surface area (Å²) in [5.41, 5.74) is 1.37. The van der Waals surface area contributed by atoms with Crippen LogP contribution in [0.25, 0.3) is 0 Å². The molecule has 2 aromatic carbocycles. The molecule has 2 amide bonds. The smallest absolute Gasteiger partial charge is 0.335 e. The Morgan fingerprint density at radius 3 is 2.62 bits per heavy atom. The first-order valence-electron chi connectivity index (χ1n) is 7.22. The fraction of sp³-hybridized carbons (Fsp3) is 0.118. The zero-order valence-electron chi connectivity index (χ0n) is 12.5. The van der Waals surface area contributed by atoms with Crippen molar-refractivity contribution in [2.75, 3.05) is 10.6 Å². The maximum atomic E-state index is 12.1. The third kappa shape index (κ3) is 3.57. The van der Waals surface area contributed by atoms with Crippen LogP contribution in [0.5, 0.6) is 0 Å². The van der Waals surface area contributed by atoms with Gasteiger partial charge in [0, 0.05) is 17.0 Å². The molecule has 0 aliphatic carbocycles. The maximum absolute atomic E-state index is 12.1. The van der Waals surface area contributed by atoms with Crippen molar-refractivity contribution in [3.63, 3.8) is 0 Å². The molecule has 3 N–H and O–H groups in total. The van der Waals surface area contributed by atoms with E-state index in [0.717, 1.165) is 0 Å². The van der Waals surface area contributed by atoms with Crippen LogP contribution in [0.1, 0.15) is 16.8 Å². The van der Waals surface area contributed by atoms with Gasteiger partial charge in [0.1, 0.15) is 0 Å². The van der Waals surface area contributed by atoms with Gasteiger partial charge in [0.2, 0.25) is 11.8 Å². The van der Waals surface area contributed by atoms with Crippen molar-refractivity contribution in [1.29, 1.82) is 0 Å². The molecule has 0 saturated heterocycles. The van der Waals surface area contributed by atoms with Crippen LogP contribution in [0.15, 0.2) is 53.4 Å². The van der Waals surface area contributed by atoms with Crippen molar-refractivity contribution in [2.24, 2.45) is 0 Å². The molecule has 6 nitrogen and oxygen atoms in total. The summed E-state index contributed by atoms with van der Waals surface area (Å²) in [6, 6.07) is 13.5. The fourth-order valence-corrected chi connectivity index (χ4v) is 3.46. The number of benzene rings is 2. The van der Waals surface area contributed by atoms with Crippen LogP contribution in [0, 0.1) is 0 Å². The number of para-hydroxylation sites is 1. The lowest BCUT2D eigenvalue weighted by Crippen LogP contribution is -2.32. The highest BCUT2D eigenvalue weighted by atomic mass is 32.2. The van der Waals surface area contributed by atoms with E-state index in [4.69, 9.17) is 5.11 Å². The van der Waals surface area contributed by atoms with Crippen molar-refractivity contribution < 1.29 is 19.5 Å². The van der Waals surface area contributed by atoms with Crippen molar-refractivity contribution in [2.45, 2.75) is 16.6 Å². The number of thioether (sulfide) groups is 1. The van der Waals surface area contributed by atoms with Crippen LogP contribution in [0.2, 0.25) is 0 Å². The molecule has 0 spiro atoms. The number of amides is 2. The molecule has 1 heterocycles. The zero-order valence-corrected chi connectivity index (χ0v) is 13.3. The van der Waals surface area contributed by atoms with Crippen molar-refractivity contribution in [1.82, 2.24) is 0 Å². The highest BCUT2D eigenvalue weighted by Crippen LogP contribution is 2.37. The highest BCUT2D eigenvalue weighted by Gasteiger charge is 2.29. The van der Waals surface area contributed by atoms with E-state index < -0.39 is 11.2 Å². The Labute approximate surface area is 142 Å². The van der Waals surface area contributed by atoms with Gasteiger partial charge in [0.25, 0.3) is 0 Å². The quantitative estimate of drug-likeness (QED) is 0.794. The number of anilines is 2. The molecule has 1 aliphatic heterocycles. The monoisotopic (exact) mass is 342 g/mol. The summed E-state index contributed by atoms with van der Waals surface area (Å²) < 4.78 is 0. The largest absolute Gasteiger partial charge is 0.478 e. The van der Waals surface area contributed by atoms with Crippen molar-refractivity contribution in [3.8, 4) is 0 Å². The Bertz CT molecular complexity index is 807. The number of rotatable bonds is 4. The molecule has 1 aliphatic rings. The van der Waals surface area contributed by atoms with E-state index in [1.165, 1.54) is 23.9 Å². The average molecular weight is 342 g/mol. The number of carboxylic acid groups (broad SMARTS) is 1. The molecule has 7 heteroatoms. The number of carbonyl (C=O) groups is 3. The summed E-state index contributed by atoms with van der Waals surface area (Å²) in [4.78, 5) is 35.9. The van der Waals surface area contributed by atoms with Crippen LogP contribution in [0.4, 0.5) is 11.4 Å². The molecule has 0 saturated carbocycles. The number of aromatic carboxylic acids is 1. The predicted octanol–water partition coefficient (Wildman–Crippen LogP) is 2.83. The minimum atomic E-state index is -1.03. The van der Waals surface area contributed by atoms with E-state index in [0.29, 0.717) is 16.3 Å². The van der Waals surface area contributed by atoms with Crippen LogP contribution >= 0.6 is 11.8 Å². The Morgan fingerprint density at radius 2 is 1.92 bits per heavy atom. The first kappa shape index (κ1) is 16.1. The Kier molecular flexibility index (Phi) is 4.52. The lowest BCUT2D eigenvalue weighted by Gasteiger charge is -2.24. The van der Waals surface area contributed by atoms with Crippen LogP contribution in [-0.4, -0.2) is 28.1 Å². The number of fused-ring (bicyclic) bond motifs is 1. The number of nitrogens with one attached hydrogen (secondary N) is 2. The molecule has 2 aromatic rings. The predicted molar refractivity (Wildman–Crippen MR) is 91.4 cm³/mol. The van der Waals surface area contributed by atoms with Gasteiger partial charge >= 0.3 is 5.97 Å². The molecule has 3 rings (SSSR count). The molecule has 0 fully saturated rings. The SMILES string of the molecule is O=C(C[C@@H]1Sc2cc(C(=O)O)ccc2NC1=O)Nc1ccccc1. The number of carbonyl (C=O) groups excluding carboxylic acids is 2. The number of carboxylic acids is 1. The molecule has 1 atom stereocenters. The van der Waals surface area contributed by atoms with Gasteiger partial charge < -0.3 is 15.7 Å². The average Bonchev–Trinajstić information content (AvgIpc) is 2.56. The summed E-state index contributed by atoms with van der Waals surface area (Å²) >= 11 is 1.20. The minimum Gasteiger partial charge on any atom is -0.478 e. The second kappa shape index (κ2) is 6.76. The summed E-state index contributed by atoms with van der Waals surface area (Å²) in [6.45, 7) is 0. The Hall–Kier alpha value is -2.80. The molecular weight excluding hydrogens is 328 g/mol. The van der Waals surface area contributed by atoms with Crippen LogP contribution in [0.3, 0.4) is 0 Å². The second-order valence-electron chi connectivity index (χ2n) is 5.23. The standard InChI is InChI=1S/C17H14N2O4S/c20-15(18-11-4-2-1-3-5-11)9-14-16(21)19-12-7-6-10(17(22)23)8-13(12)24-14/h1-8,14H,9H2,(H,18,20)(H,19,21)(H,22,23)/t14-/m0/s1. The van der Waals surface area contributed by atoms with Gasteiger partial charge in [-0.1, -0.05) is 18.2 Å². The van der Waals surface area contributed by atoms with Gasteiger partial charge in [-0.2, -0.15) is 0 Å². The summed E-state index contributed by atoms with van der Waals surface area (Å²) in [7, 11) is 0. The molecular formula is C17H14N2O4S. The van der Waals surface area contributed by atoms with E-state index in [2.05, 4.69) is 10.6 Å². The normalized spacial score (nSPS) is 16.0. The van der Waals surface area contributed by atoms with E-state index in [1.807, 2.05) is 6.07 Å². The third-order valence-corrected chi connectivity index (χ3v) is 4.73. The summed E-state index contributed by atoms with van der Waals surface area (Å²) in [6.07, 6.45) is 0.00212. The van der Waals surface area contributed by atoms with Crippen LogP contribution < -0.4 is 10.6 Å². The first-order valence-corrected chi connectivity index (χ1v) is 8.10. The van der Waals surface area contributed by atoms with Crippen molar-refractivity contribution in [3.05, 3.63) is 54.1 Å².